The highest BCUT2D eigenvalue weighted by Crippen LogP contribution is 2.25. The SMILES string of the molecule is OCc1cccc(-c2cnc(N3CCC(F)CC3)nc2)c1F. The summed E-state index contributed by atoms with van der Waals surface area (Å²) in [5.74, 6) is 0.0777. The summed E-state index contributed by atoms with van der Waals surface area (Å²) in [6, 6.07) is 4.85. The number of halogens is 2. The van der Waals surface area contributed by atoms with E-state index in [0.717, 1.165) is 0 Å². The molecule has 6 heteroatoms. The molecule has 0 amide bonds. The van der Waals surface area contributed by atoms with Crippen LogP contribution in [0.15, 0.2) is 30.6 Å². The van der Waals surface area contributed by atoms with E-state index in [1.165, 1.54) is 6.07 Å². The van der Waals surface area contributed by atoms with E-state index in [4.69, 9.17) is 5.11 Å². The van der Waals surface area contributed by atoms with Gasteiger partial charge in [0.2, 0.25) is 5.95 Å². The van der Waals surface area contributed by atoms with Crippen LogP contribution in [0.1, 0.15) is 18.4 Å². The fourth-order valence-electron chi connectivity index (χ4n) is 2.60. The molecule has 3 rings (SSSR count). The first kappa shape index (κ1) is 14.8. The number of nitrogens with zero attached hydrogens (tertiary/aromatic N) is 3. The number of aliphatic hydroxyl groups is 1. The minimum absolute atomic E-state index is 0.242. The van der Waals surface area contributed by atoms with Crippen molar-refractivity contribution in [2.75, 3.05) is 18.0 Å². The lowest BCUT2D eigenvalue weighted by atomic mass is 10.1. The van der Waals surface area contributed by atoms with Crippen LogP contribution in [-0.2, 0) is 6.61 Å². The van der Waals surface area contributed by atoms with E-state index in [2.05, 4.69) is 9.97 Å². The van der Waals surface area contributed by atoms with Gasteiger partial charge in [-0.05, 0) is 12.8 Å². The van der Waals surface area contributed by atoms with Crippen molar-refractivity contribution in [2.24, 2.45) is 0 Å². The fourth-order valence-corrected chi connectivity index (χ4v) is 2.60. The highest BCUT2D eigenvalue weighted by atomic mass is 19.1. The zero-order chi connectivity index (χ0) is 15.5. The maximum Gasteiger partial charge on any atom is 0.225 e. The molecule has 1 aromatic carbocycles. The molecule has 0 spiro atoms. The monoisotopic (exact) mass is 305 g/mol. The highest BCUT2D eigenvalue weighted by molar-refractivity contribution is 5.63. The van der Waals surface area contributed by atoms with Crippen LogP contribution in [0.25, 0.3) is 11.1 Å². The van der Waals surface area contributed by atoms with Gasteiger partial charge in [0.05, 0.1) is 6.61 Å². The van der Waals surface area contributed by atoms with Gasteiger partial charge < -0.3 is 10.0 Å². The Hall–Kier alpha value is -2.08. The van der Waals surface area contributed by atoms with Gasteiger partial charge in [-0.1, -0.05) is 18.2 Å². The molecule has 1 fully saturated rings. The van der Waals surface area contributed by atoms with Gasteiger partial charge >= 0.3 is 0 Å². The average Bonchev–Trinajstić information content (AvgIpc) is 2.56. The van der Waals surface area contributed by atoms with Crippen LogP contribution >= 0.6 is 0 Å². The third kappa shape index (κ3) is 2.92. The van der Waals surface area contributed by atoms with E-state index < -0.39 is 12.0 Å². The zero-order valence-electron chi connectivity index (χ0n) is 12.0. The first-order valence-electron chi connectivity index (χ1n) is 7.28. The Morgan fingerprint density at radius 1 is 1.18 bits per heavy atom. The number of hydrogen-bond acceptors (Lipinski definition) is 4. The predicted molar refractivity (Wildman–Crippen MR) is 79.7 cm³/mol. The molecule has 1 aliphatic rings. The van der Waals surface area contributed by atoms with Crippen LogP contribution < -0.4 is 4.90 Å². The van der Waals surface area contributed by atoms with Crippen molar-refractivity contribution >= 4 is 5.95 Å². The second kappa shape index (κ2) is 6.36. The van der Waals surface area contributed by atoms with Crippen LogP contribution in [0.5, 0.6) is 0 Å². The number of aromatic nitrogens is 2. The third-order valence-electron chi connectivity index (χ3n) is 3.91. The molecule has 1 N–H and O–H groups in total. The molecule has 0 saturated carbocycles. The van der Waals surface area contributed by atoms with Crippen molar-refractivity contribution in [1.82, 2.24) is 9.97 Å². The predicted octanol–water partition coefficient (Wildman–Crippen LogP) is 2.71. The number of rotatable bonds is 3. The number of anilines is 1. The van der Waals surface area contributed by atoms with E-state index >= 15 is 0 Å². The molecule has 116 valence electrons. The minimum Gasteiger partial charge on any atom is -0.392 e. The van der Waals surface area contributed by atoms with Gasteiger partial charge in [-0.15, -0.1) is 0 Å². The Bertz CT molecular complexity index is 640. The summed E-state index contributed by atoms with van der Waals surface area (Å²) in [4.78, 5) is 10.5. The zero-order valence-corrected chi connectivity index (χ0v) is 12.0. The van der Waals surface area contributed by atoms with E-state index in [1.54, 1.807) is 24.5 Å². The number of hydrogen-bond donors (Lipinski definition) is 1. The summed E-state index contributed by atoms with van der Waals surface area (Å²) in [5, 5.41) is 9.12. The van der Waals surface area contributed by atoms with Crippen molar-refractivity contribution in [2.45, 2.75) is 25.6 Å². The summed E-state index contributed by atoms with van der Waals surface area (Å²) in [7, 11) is 0. The molecule has 4 nitrogen and oxygen atoms in total. The van der Waals surface area contributed by atoms with Gasteiger partial charge in [-0.25, -0.2) is 18.7 Å². The lowest BCUT2D eigenvalue weighted by Gasteiger charge is -2.28. The lowest BCUT2D eigenvalue weighted by Crippen LogP contribution is -2.35. The maximum atomic E-state index is 14.2. The summed E-state index contributed by atoms with van der Waals surface area (Å²) in [6.07, 6.45) is 3.34. The largest absolute Gasteiger partial charge is 0.392 e. The smallest absolute Gasteiger partial charge is 0.225 e. The van der Waals surface area contributed by atoms with Crippen LogP contribution in [0.4, 0.5) is 14.7 Å². The third-order valence-corrected chi connectivity index (χ3v) is 3.91. The molecule has 0 atom stereocenters. The van der Waals surface area contributed by atoms with Gasteiger partial charge in [0.25, 0.3) is 0 Å². The Morgan fingerprint density at radius 3 is 2.50 bits per heavy atom. The van der Waals surface area contributed by atoms with Crippen molar-refractivity contribution in [3.63, 3.8) is 0 Å². The Kier molecular flexibility index (Phi) is 4.29. The van der Waals surface area contributed by atoms with E-state index in [0.29, 0.717) is 43.0 Å². The van der Waals surface area contributed by atoms with Crippen molar-refractivity contribution < 1.29 is 13.9 Å². The molecule has 0 radical (unpaired) electrons. The molecule has 2 heterocycles. The highest BCUT2D eigenvalue weighted by Gasteiger charge is 2.20. The molecule has 2 aromatic rings. The molecule has 22 heavy (non-hydrogen) atoms. The lowest BCUT2D eigenvalue weighted by molar-refractivity contribution is 0.275. The number of alkyl halides is 1. The Morgan fingerprint density at radius 2 is 1.86 bits per heavy atom. The Balaban J connectivity index is 1.83. The second-order valence-corrected chi connectivity index (χ2v) is 5.37. The van der Waals surface area contributed by atoms with Crippen LogP contribution in [-0.4, -0.2) is 34.3 Å². The molecule has 1 saturated heterocycles. The second-order valence-electron chi connectivity index (χ2n) is 5.37. The standard InChI is InChI=1S/C16H17F2N3O/c17-13-4-6-21(7-5-13)16-19-8-12(9-20-16)14-3-1-2-11(10-22)15(14)18/h1-3,8-9,13,22H,4-7,10H2. The Labute approximate surface area is 127 Å². The molecule has 1 aromatic heterocycles. The van der Waals surface area contributed by atoms with E-state index in [1.807, 2.05) is 4.90 Å². The van der Waals surface area contributed by atoms with Gasteiger partial charge in [0.1, 0.15) is 12.0 Å². The van der Waals surface area contributed by atoms with Crippen LogP contribution in [0, 0.1) is 5.82 Å². The quantitative estimate of drug-likeness (QED) is 0.947. The average molecular weight is 305 g/mol. The van der Waals surface area contributed by atoms with Gasteiger partial charge in [0.15, 0.2) is 0 Å². The molecular formula is C16H17F2N3O. The first-order chi connectivity index (χ1) is 10.7. The summed E-state index contributed by atoms with van der Waals surface area (Å²) in [5.41, 5.74) is 1.16. The number of aliphatic hydroxyl groups excluding tert-OH is 1. The van der Waals surface area contributed by atoms with E-state index in [-0.39, 0.29) is 12.2 Å². The van der Waals surface area contributed by atoms with Crippen molar-refractivity contribution in [3.05, 3.63) is 42.0 Å². The topological polar surface area (TPSA) is 49.3 Å². The summed E-state index contributed by atoms with van der Waals surface area (Å²) < 4.78 is 27.3. The fraction of sp³-hybridized carbons (Fsp3) is 0.375. The van der Waals surface area contributed by atoms with E-state index in [9.17, 15) is 8.78 Å². The number of benzene rings is 1. The van der Waals surface area contributed by atoms with Crippen molar-refractivity contribution in [1.29, 1.82) is 0 Å². The molecule has 0 bridgehead atoms. The van der Waals surface area contributed by atoms with Crippen LogP contribution in [0.2, 0.25) is 0 Å². The van der Waals surface area contributed by atoms with Gasteiger partial charge in [-0.2, -0.15) is 0 Å². The molecular weight excluding hydrogens is 288 g/mol. The van der Waals surface area contributed by atoms with Gasteiger partial charge in [0, 0.05) is 42.2 Å². The van der Waals surface area contributed by atoms with Gasteiger partial charge in [-0.3, -0.25) is 0 Å². The molecule has 0 aliphatic carbocycles. The van der Waals surface area contributed by atoms with Crippen LogP contribution in [0.3, 0.4) is 0 Å². The maximum absolute atomic E-state index is 14.2. The number of piperidine rings is 1. The first-order valence-corrected chi connectivity index (χ1v) is 7.28. The molecule has 1 aliphatic heterocycles. The normalized spacial score (nSPS) is 16.0. The molecule has 0 unspecified atom stereocenters. The summed E-state index contributed by atoms with van der Waals surface area (Å²) in [6.45, 7) is 0.834. The summed E-state index contributed by atoms with van der Waals surface area (Å²) >= 11 is 0. The van der Waals surface area contributed by atoms with Crippen molar-refractivity contribution in [3.8, 4) is 11.1 Å². The minimum atomic E-state index is -0.745.